The molecule has 2 aromatic carbocycles. The van der Waals surface area contributed by atoms with Crippen LogP contribution < -0.4 is 5.32 Å². The molecule has 0 aliphatic heterocycles. The maximum Gasteiger partial charge on any atom is 0.293 e. The van der Waals surface area contributed by atoms with Gasteiger partial charge in [-0.05, 0) is 55.8 Å². The number of anilines is 1. The van der Waals surface area contributed by atoms with Gasteiger partial charge in [0.25, 0.3) is 5.91 Å². The first-order valence-corrected chi connectivity index (χ1v) is 9.04. The molecular formula is C20H17N3O2S. The van der Waals surface area contributed by atoms with E-state index in [0.29, 0.717) is 17.3 Å². The molecule has 130 valence electrons. The third-order valence-corrected chi connectivity index (χ3v) is 5.11. The summed E-state index contributed by atoms with van der Waals surface area (Å²) in [6.07, 6.45) is 0. The number of thiazole rings is 1. The van der Waals surface area contributed by atoms with Gasteiger partial charge in [0, 0.05) is 18.2 Å². The summed E-state index contributed by atoms with van der Waals surface area (Å²) in [6, 6.07) is 13.9. The summed E-state index contributed by atoms with van der Waals surface area (Å²) in [7, 11) is 0. The van der Waals surface area contributed by atoms with E-state index in [0.717, 1.165) is 16.1 Å². The second kappa shape index (κ2) is 6.38. The monoisotopic (exact) mass is 363 g/mol. The van der Waals surface area contributed by atoms with Gasteiger partial charge in [0.15, 0.2) is 5.89 Å². The highest BCUT2D eigenvalue weighted by Gasteiger charge is 2.16. The Hall–Kier alpha value is -2.99. The summed E-state index contributed by atoms with van der Waals surface area (Å²) in [4.78, 5) is 21.1. The lowest BCUT2D eigenvalue weighted by atomic mass is 10.2. The van der Waals surface area contributed by atoms with Crippen LogP contribution in [0.25, 0.3) is 20.8 Å². The number of nitrogens with zero attached hydrogens (tertiary/aromatic N) is 2. The van der Waals surface area contributed by atoms with Gasteiger partial charge in [-0.25, -0.2) is 9.97 Å². The van der Waals surface area contributed by atoms with Gasteiger partial charge in [0.05, 0.1) is 15.9 Å². The van der Waals surface area contributed by atoms with Gasteiger partial charge in [-0.1, -0.05) is 6.07 Å². The first kappa shape index (κ1) is 16.5. The number of carbonyl (C=O) groups is 1. The topological polar surface area (TPSA) is 68.0 Å². The van der Waals surface area contributed by atoms with Gasteiger partial charge in [0.2, 0.25) is 5.76 Å². The molecule has 1 N–H and O–H groups in total. The Morgan fingerprint density at radius 1 is 1.04 bits per heavy atom. The Balaban J connectivity index is 1.56. The molecule has 1 amide bonds. The Kier molecular flexibility index (Phi) is 4.05. The van der Waals surface area contributed by atoms with Crippen molar-refractivity contribution in [1.29, 1.82) is 0 Å². The van der Waals surface area contributed by atoms with E-state index in [1.54, 1.807) is 25.2 Å². The van der Waals surface area contributed by atoms with Crippen molar-refractivity contribution in [3.05, 3.63) is 65.4 Å². The molecule has 6 heteroatoms. The molecule has 0 saturated heterocycles. The number of aromatic nitrogens is 2. The van der Waals surface area contributed by atoms with Crippen molar-refractivity contribution in [1.82, 2.24) is 9.97 Å². The lowest BCUT2D eigenvalue weighted by Gasteiger charge is -2.04. The van der Waals surface area contributed by atoms with Crippen LogP contribution in [0.4, 0.5) is 5.69 Å². The standard InChI is InChI=1S/C20H17N3O2S/c1-11-4-9-16-17(10-11)26-20(23-16)14-5-7-15(8-6-14)22-19(24)18-12(2)21-13(3)25-18/h4-10H,1-3H3,(H,22,24). The molecule has 0 aliphatic rings. The summed E-state index contributed by atoms with van der Waals surface area (Å²) in [5.41, 5.74) is 4.53. The predicted octanol–water partition coefficient (Wildman–Crippen LogP) is 5.13. The number of fused-ring (bicyclic) bond motifs is 1. The molecule has 0 saturated carbocycles. The molecule has 0 spiro atoms. The summed E-state index contributed by atoms with van der Waals surface area (Å²) in [5, 5.41) is 3.80. The Morgan fingerprint density at radius 3 is 2.50 bits per heavy atom. The predicted molar refractivity (Wildman–Crippen MR) is 104 cm³/mol. The molecular weight excluding hydrogens is 346 g/mol. The minimum absolute atomic E-state index is 0.244. The number of hydrogen-bond acceptors (Lipinski definition) is 5. The zero-order valence-corrected chi connectivity index (χ0v) is 15.5. The van der Waals surface area contributed by atoms with Crippen molar-refractivity contribution >= 4 is 33.1 Å². The number of oxazole rings is 1. The van der Waals surface area contributed by atoms with Crippen LogP contribution in [0.15, 0.2) is 46.9 Å². The molecule has 0 atom stereocenters. The molecule has 0 radical (unpaired) electrons. The average molecular weight is 363 g/mol. The molecule has 2 aromatic heterocycles. The zero-order valence-electron chi connectivity index (χ0n) is 14.7. The Morgan fingerprint density at radius 2 is 1.81 bits per heavy atom. The maximum atomic E-state index is 12.3. The fraction of sp³-hybridized carbons (Fsp3) is 0.150. The maximum absolute atomic E-state index is 12.3. The van der Waals surface area contributed by atoms with Gasteiger partial charge in [-0.3, -0.25) is 4.79 Å². The number of rotatable bonds is 3. The Bertz CT molecular complexity index is 1110. The molecule has 0 bridgehead atoms. The second-order valence-corrected chi connectivity index (χ2v) is 7.20. The number of nitrogens with one attached hydrogen (secondary N) is 1. The minimum Gasteiger partial charge on any atom is -0.436 e. The van der Waals surface area contributed by atoms with Gasteiger partial charge in [-0.15, -0.1) is 11.3 Å². The highest BCUT2D eigenvalue weighted by atomic mass is 32.1. The van der Waals surface area contributed by atoms with Crippen LogP contribution in [-0.2, 0) is 0 Å². The lowest BCUT2D eigenvalue weighted by molar-refractivity contribution is 0.0994. The molecule has 0 aliphatic carbocycles. The molecule has 2 heterocycles. The summed E-state index contributed by atoms with van der Waals surface area (Å²) < 4.78 is 6.53. The lowest BCUT2D eigenvalue weighted by Crippen LogP contribution is -2.12. The van der Waals surface area contributed by atoms with Gasteiger partial charge in [-0.2, -0.15) is 0 Å². The molecule has 26 heavy (non-hydrogen) atoms. The van der Waals surface area contributed by atoms with E-state index >= 15 is 0 Å². The van der Waals surface area contributed by atoms with E-state index < -0.39 is 0 Å². The van der Waals surface area contributed by atoms with E-state index in [9.17, 15) is 4.79 Å². The highest BCUT2D eigenvalue weighted by Crippen LogP contribution is 2.31. The number of amides is 1. The van der Waals surface area contributed by atoms with E-state index in [2.05, 4.69) is 34.3 Å². The normalized spacial score (nSPS) is 11.0. The van der Waals surface area contributed by atoms with Crippen LogP contribution in [0.5, 0.6) is 0 Å². The number of benzene rings is 2. The number of hydrogen-bond donors (Lipinski definition) is 1. The third kappa shape index (κ3) is 3.11. The molecule has 0 fully saturated rings. The van der Waals surface area contributed by atoms with Crippen molar-refractivity contribution in [2.24, 2.45) is 0 Å². The molecule has 5 nitrogen and oxygen atoms in total. The zero-order chi connectivity index (χ0) is 18.3. The van der Waals surface area contributed by atoms with E-state index in [1.165, 1.54) is 10.3 Å². The SMILES string of the molecule is Cc1ccc2nc(-c3ccc(NC(=O)c4oc(C)nc4C)cc3)sc2c1. The highest BCUT2D eigenvalue weighted by molar-refractivity contribution is 7.21. The summed E-state index contributed by atoms with van der Waals surface area (Å²) >= 11 is 1.66. The first-order chi connectivity index (χ1) is 12.5. The van der Waals surface area contributed by atoms with E-state index in [4.69, 9.17) is 4.42 Å². The summed E-state index contributed by atoms with van der Waals surface area (Å²) in [6.45, 7) is 5.55. The van der Waals surface area contributed by atoms with Gasteiger partial charge >= 0.3 is 0 Å². The molecule has 0 unspecified atom stereocenters. The van der Waals surface area contributed by atoms with Gasteiger partial charge < -0.3 is 9.73 Å². The van der Waals surface area contributed by atoms with Crippen molar-refractivity contribution in [2.45, 2.75) is 20.8 Å². The van der Waals surface area contributed by atoms with Gasteiger partial charge in [0.1, 0.15) is 5.01 Å². The van der Waals surface area contributed by atoms with Crippen LogP contribution in [0.3, 0.4) is 0 Å². The fourth-order valence-electron chi connectivity index (χ4n) is 2.78. The molecule has 4 rings (SSSR count). The minimum atomic E-state index is -0.300. The largest absolute Gasteiger partial charge is 0.436 e. The van der Waals surface area contributed by atoms with E-state index in [1.807, 2.05) is 30.3 Å². The van der Waals surface area contributed by atoms with Crippen molar-refractivity contribution in [3.8, 4) is 10.6 Å². The van der Waals surface area contributed by atoms with Crippen LogP contribution in [0, 0.1) is 20.8 Å². The summed E-state index contributed by atoms with van der Waals surface area (Å²) in [5.74, 6) is 0.425. The smallest absolute Gasteiger partial charge is 0.293 e. The fourth-order valence-corrected chi connectivity index (χ4v) is 3.85. The Labute approximate surface area is 154 Å². The van der Waals surface area contributed by atoms with Crippen LogP contribution in [-0.4, -0.2) is 15.9 Å². The van der Waals surface area contributed by atoms with Crippen LogP contribution in [0.2, 0.25) is 0 Å². The first-order valence-electron chi connectivity index (χ1n) is 8.22. The van der Waals surface area contributed by atoms with Crippen molar-refractivity contribution in [3.63, 3.8) is 0 Å². The quantitative estimate of drug-likeness (QED) is 0.548. The third-order valence-electron chi connectivity index (χ3n) is 4.04. The second-order valence-electron chi connectivity index (χ2n) is 6.17. The average Bonchev–Trinajstić information content (AvgIpc) is 3.17. The van der Waals surface area contributed by atoms with E-state index in [-0.39, 0.29) is 11.7 Å². The van der Waals surface area contributed by atoms with Crippen molar-refractivity contribution < 1.29 is 9.21 Å². The molecule has 4 aromatic rings. The van der Waals surface area contributed by atoms with Crippen LogP contribution >= 0.6 is 11.3 Å². The number of carbonyl (C=O) groups excluding carboxylic acids is 1. The van der Waals surface area contributed by atoms with Crippen molar-refractivity contribution in [2.75, 3.05) is 5.32 Å². The number of aryl methyl sites for hydroxylation is 3. The van der Waals surface area contributed by atoms with Crippen LogP contribution in [0.1, 0.15) is 27.7 Å².